The SMILES string of the molecule is C[C@@H](Cn1cncn1)C(=O)Nc1cnc2n1CCCC2. The maximum atomic E-state index is 12.2. The lowest BCUT2D eigenvalue weighted by Crippen LogP contribution is -2.26. The van der Waals surface area contributed by atoms with E-state index in [0.29, 0.717) is 6.54 Å². The van der Waals surface area contributed by atoms with Crippen LogP contribution in [0.2, 0.25) is 0 Å². The number of imidazole rings is 1. The van der Waals surface area contributed by atoms with Crippen LogP contribution in [0.1, 0.15) is 25.6 Å². The molecule has 7 heteroatoms. The number of amides is 1. The summed E-state index contributed by atoms with van der Waals surface area (Å²) in [5, 5.41) is 6.98. The molecule has 0 saturated heterocycles. The molecule has 0 bridgehead atoms. The minimum atomic E-state index is -0.175. The number of nitrogens with zero attached hydrogens (tertiary/aromatic N) is 5. The van der Waals surface area contributed by atoms with E-state index in [2.05, 4.69) is 25.0 Å². The molecular weight excluding hydrogens is 256 g/mol. The van der Waals surface area contributed by atoms with Crippen molar-refractivity contribution in [2.75, 3.05) is 5.32 Å². The molecule has 2 aromatic rings. The lowest BCUT2D eigenvalue weighted by molar-refractivity contribution is -0.119. The van der Waals surface area contributed by atoms with E-state index in [-0.39, 0.29) is 11.8 Å². The number of aromatic nitrogens is 5. The van der Waals surface area contributed by atoms with Crippen LogP contribution in [0.4, 0.5) is 5.82 Å². The van der Waals surface area contributed by atoms with E-state index in [9.17, 15) is 4.79 Å². The Kier molecular flexibility index (Phi) is 3.49. The van der Waals surface area contributed by atoms with Gasteiger partial charge in [0.05, 0.1) is 18.7 Å². The smallest absolute Gasteiger partial charge is 0.230 e. The van der Waals surface area contributed by atoms with Crippen LogP contribution in [0.15, 0.2) is 18.9 Å². The van der Waals surface area contributed by atoms with Crippen molar-refractivity contribution in [1.29, 1.82) is 0 Å². The maximum absolute atomic E-state index is 12.2. The second kappa shape index (κ2) is 5.44. The Hall–Kier alpha value is -2.18. The van der Waals surface area contributed by atoms with Gasteiger partial charge in [0.25, 0.3) is 0 Å². The van der Waals surface area contributed by atoms with Crippen LogP contribution in [0.5, 0.6) is 0 Å². The number of hydrogen-bond acceptors (Lipinski definition) is 4. The van der Waals surface area contributed by atoms with Gasteiger partial charge >= 0.3 is 0 Å². The molecule has 3 rings (SSSR count). The molecule has 2 aromatic heterocycles. The van der Waals surface area contributed by atoms with Crippen LogP contribution in [-0.4, -0.2) is 30.2 Å². The zero-order chi connectivity index (χ0) is 13.9. The Morgan fingerprint density at radius 1 is 1.50 bits per heavy atom. The molecule has 1 amide bonds. The van der Waals surface area contributed by atoms with Crippen molar-refractivity contribution in [3.05, 3.63) is 24.7 Å². The third-order valence-corrected chi connectivity index (χ3v) is 3.60. The summed E-state index contributed by atoms with van der Waals surface area (Å²) in [6, 6.07) is 0. The molecule has 1 N–H and O–H groups in total. The molecule has 3 heterocycles. The van der Waals surface area contributed by atoms with Crippen molar-refractivity contribution in [3.8, 4) is 0 Å². The van der Waals surface area contributed by atoms with Crippen LogP contribution < -0.4 is 5.32 Å². The molecule has 0 fully saturated rings. The molecule has 0 aromatic carbocycles. The molecule has 20 heavy (non-hydrogen) atoms. The molecule has 0 spiro atoms. The quantitative estimate of drug-likeness (QED) is 0.905. The lowest BCUT2D eigenvalue weighted by Gasteiger charge is -2.18. The van der Waals surface area contributed by atoms with Crippen LogP contribution >= 0.6 is 0 Å². The van der Waals surface area contributed by atoms with Gasteiger partial charge in [-0.15, -0.1) is 0 Å². The first-order valence-electron chi connectivity index (χ1n) is 6.91. The van der Waals surface area contributed by atoms with Crippen molar-refractivity contribution in [2.45, 2.75) is 39.3 Å². The average molecular weight is 274 g/mol. The number of fused-ring (bicyclic) bond motifs is 1. The van der Waals surface area contributed by atoms with Gasteiger partial charge in [-0.05, 0) is 12.8 Å². The fraction of sp³-hybridized carbons (Fsp3) is 0.538. The Bertz CT molecular complexity index is 588. The summed E-state index contributed by atoms with van der Waals surface area (Å²) >= 11 is 0. The van der Waals surface area contributed by atoms with Gasteiger partial charge in [0.2, 0.25) is 5.91 Å². The first kappa shape index (κ1) is 12.8. The number of carbonyl (C=O) groups is 1. The van der Waals surface area contributed by atoms with E-state index < -0.39 is 0 Å². The number of aryl methyl sites for hydroxylation is 1. The molecule has 1 atom stereocenters. The zero-order valence-corrected chi connectivity index (χ0v) is 11.5. The number of carbonyl (C=O) groups excluding carboxylic acids is 1. The Morgan fingerprint density at radius 3 is 3.20 bits per heavy atom. The van der Waals surface area contributed by atoms with E-state index in [1.54, 1.807) is 17.2 Å². The van der Waals surface area contributed by atoms with E-state index in [1.807, 2.05) is 6.92 Å². The van der Waals surface area contributed by atoms with E-state index >= 15 is 0 Å². The number of rotatable bonds is 4. The van der Waals surface area contributed by atoms with Crippen LogP contribution in [0.25, 0.3) is 0 Å². The van der Waals surface area contributed by atoms with Gasteiger partial charge in [0.15, 0.2) is 0 Å². The van der Waals surface area contributed by atoms with Gasteiger partial charge in [0, 0.05) is 13.0 Å². The Labute approximate surface area is 117 Å². The topological polar surface area (TPSA) is 77.6 Å². The Balaban J connectivity index is 1.65. The molecule has 1 aliphatic heterocycles. The fourth-order valence-corrected chi connectivity index (χ4v) is 2.46. The minimum Gasteiger partial charge on any atom is -0.315 e. The summed E-state index contributed by atoms with van der Waals surface area (Å²) in [6.07, 6.45) is 8.14. The first-order valence-corrected chi connectivity index (χ1v) is 6.91. The zero-order valence-electron chi connectivity index (χ0n) is 11.5. The highest BCUT2D eigenvalue weighted by Crippen LogP contribution is 2.20. The molecule has 0 radical (unpaired) electrons. The molecule has 0 aliphatic carbocycles. The van der Waals surface area contributed by atoms with Crippen molar-refractivity contribution in [1.82, 2.24) is 24.3 Å². The van der Waals surface area contributed by atoms with Crippen molar-refractivity contribution in [2.24, 2.45) is 5.92 Å². The third-order valence-electron chi connectivity index (χ3n) is 3.60. The number of anilines is 1. The molecule has 0 unspecified atom stereocenters. The minimum absolute atomic E-state index is 0.0197. The molecule has 1 aliphatic rings. The summed E-state index contributed by atoms with van der Waals surface area (Å²) in [5.41, 5.74) is 0. The van der Waals surface area contributed by atoms with Crippen molar-refractivity contribution in [3.63, 3.8) is 0 Å². The highest BCUT2D eigenvalue weighted by molar-refractivity contribution is 5.91. The monoisotopic (exact) mass is 274 g/mol. The van der Waals surface area contributed by atoms with E-state index in [4.69, 9.17) is 0 Å². The van der Waals surface area contributed by atoms with Crippen LogP contribution in [0.3, 0.4) is 0 Å². The largest absolute Gasteiger partial charge is 0.315 e. The predicted octanol–water partition coefficient (Wildman–Crippen LogP) is 1.09. The first-order chi connectivity index (χ1) is 9.74. The lowest BCUT2D eigenvalue weighted by atomic mass is 10.1. The van der Waals surface area contributed by atoms with Crippen LogP contribution in [0, 0.1) is 5.92 Å². The predicted molar refractivity (Wildman–Crippen MR) is 73.0 cm³/mol. The van der Waals surface area contributed by atoms with Gasteiger partial charge < -0.3 is 9.88 Å². The number of hydrogen-bond donors (Lipinski definition) is 1. The normalized spacial score (nSPS) is 15.7. The summed E-state index contributed by atoms with van der Waals surface area (Å²) < 4.78 is 3.76. The third kappa shape index (κ3) is 2.56. The van der Waals surface area contributed by atoms with E-state index in [0.717, 1.165) is 31.0 Å². The van der Waals surface area contributed by atoms with Gasteiger partial charge in [-0.3, -0.25) is 9.48 Å². The Morgan fingerprint density at radius 2 is 2.40 bits per heavy atom. The molecular formula is C13H18N6O. The summed E-state index contributed by atoms with van der Waals surface area (Å²) in [7, 11) is 0. The average Bonchev–Trinajstić information content (AvgIpc) is 3.09. The van der Waals surface area contributed by atoms with E-state index in [1.165, 1.54) is 12.7 Å². The van der Waals surface area contributed by atoms with Crippen molar-refractivity contribution >= 4 is 11.7 Å². The highest BCUT2D eigenvalue weighted by Gasteiger charge is 2.19. The summed E-state index contributed by atoms with van der Waals surface area (Å²) in [4.78, 5) is 20.4. The van der Waals surface area contributed by atoms with Gasteiger partial charge in [-0.2, -0.15) is 5.10 Å². The molecule has 7 nitrogen and oxygen atoms in total. The second-order valence-electron chi connectivity index (χ2n) is 5.18. The summed E-state index contributed by atoms with van der Waals surface area (Å²) in [5.74, 6) is 1.67. The second-order valence-corrected chi connectivity index (χ2v) is 5.18. The van der Waals surface area contributed by atoms with Crippen LogP contribution in [-0.2, 0) is 24.3 Å². The van der Waals surface area contributed by atoms with Crippen molar-refractivity contribution < 1.29 is 4.79 Å². The number of nitrogens with one attached hydrogen (secondary N) is 1. The fourth-order valence-electron chi connectivity index (χ4n) is 2.46. The standard InChI is InChI=1S/C13H18N6O/c1-10(7-18-9-14-8-16-18)13(20)17-12-6-15-11-4-2-3-5-19(11)12/h6,8-10H,2-5,7H2,1H3,(H,17,20)/t10-/m0/s1. The summed E-state index contributed by atoms with van der Waals surface area (Å²) in [6.45, 7) is 3.33. The van der Waals surface area contributed by atoms with Gasteiger partial charge in [-0.1, -0.05) is 6.92 Å². The van der Waals surface area contributed by atoms with Gasteiger partial charge in [-0.25, -0.2) is 9.97 Å². The highest BCUT2D eigenvalue weighted by atomic mass is 16.2. The van der Waals surface area contributed by atoms with Gasteiger partial charge in [0.1, 0.15) is 24.3 Å². The molecule has 106 valence electrons. The maximum Gasteiger partial charge on any atom is 0.230 e. The molecule has 0 saturated carbocycles.